The highest BCUT2D eigenvalue weighted by Gasteiger charge is 2.16. The van der Waals surface area contributed by atoms with Gasteiger partial charge in [0.25, 0.3) is 0 Å². The average Bonchev–Trinajstić information content (AvgIpc) is 2.65. The van der Waals surface area contributed by atoms with Crippen molar-refractivity contribution in [3.8, 4) is 11.1 Å². The summed E-state index contributed by atoms with van der Waals surface area (Å²) in [6.45, 7) is 10.7. The molecule has 4 nitrogen and oxygen atoms in total. The topological polar surface area (TPSA) is 48.5 Å². The van der Waals surface area contributed by atoms with Crippen molar-refractivity contribution in [1.29, 1.82) is 0 Å². The van der Waals surface area contributed by atoms with E-state index in [4.69, 9.17) is 4.99 Å². The van der Waals surface area contributed by atoms with Crippen molar-refractivity contribution >= 4 is 23.0 Å². The SMILES string of the molecule is Cc1ccc(NC2=Nc3c(C)cc(-c4c(C)cccc4C)cc3NN2)cc1C.[HH]. The van der Waals surface area contributed by atoms with E-state index in [0.717, 1.165) is 22.6 Å². The molecule has 3 aromatic rings. The number of hydrogen-bond acceptors (Lipinski definition) is 4. The zero-order chi connectivity index (χ0) is 19.8. The van der Waals surface area contributed by atoms with E-state index in [1.807, 2.05) is 0 Å². The maximum Gasteiger partial charge on any atom is 0.220 e. The minimum absolute atomic E-state index is 0. The van der Waals surface area contributed by atoms with Gasteiger partial charge in [-0.2, -0.15) is 0 Å². The van der Waals surface area contributed by atoms with Gasteiger partial charge in [0.2, 0.25) is 5.96 Å². The van der Waals surface area contributed by atoms with Crippen molar-refractivity contribution in [3.63, 3.8) is 0 Å². The normalized spacial score (nSPS) is 12.5. The number of guanidine groups is 1. The van der Waals surface area contributed by atoms with Crippen LogP contribution in [0.4, 0.5) is 17.1 Å². The van der Waals surface area contributed by atoms with Crippen molar-refractivity contribution < 1.29 is 1.43 Å². The quantitative estimate of drug-likeness (QED) is 0.504. The maximum absolute atomic E-state index is 4.80. The van der Waals surface area contributed by atoms with Crippen molar-refractivity contribution in [2.45, 2.75) is 34.6 Å². The second-order valence-corrected chi connectivity index (χ2v) is 7.59. The highest BCUT2D eigenvalue weighted by molar-refractivity contribution is 6.00. The van der Waals surface area contributed by atoms with Crippen LogP contribution in [0.25, 0.3) is 11.1 Å². The third-order valence-electron chi connectivity index (χ3n) is 5.38. The Morgan fingerprint density at radius 3 is 2.21 bits per heavy atom. The number of hydrogen-bond donors (Lipinski definition) is 3. The molecule has 3 aromatic carbocycles. The number of benzene rings is 3. The van der Waals surface area contributed by atoms with Gasteiger partial charge < -0.3 is 5.32 Å². The molecule has 4 heteroatoms. The van der Waals surface area contributed by atoms with Crippen LogP contribution >= 0.6 is 0 Å². The van der Waals surface area contributed by atoms with Crippen LogP contribution in [-0.2, 0) is 0 Å². The Morgan fingerprint density at radius 2 is 1.50 bits per heavy atom. The zero-order valence-corrected chi connectivity index (χ0v) is 17.1. The molecule has 28 heavy (non-hydrogen) atoms. The van der Waals surface area contributed by atoms with Crippen LogP contribution in [0.15, 0.2) is 53.5 Å². The van der Waals surface area contributed by atoms with Gasteiger partial charge in [-0.1, -0.05) is 24.3 Å². The van der Waals surface area contributed by atoms with Gasteiger partial charge in [-0.15, -0.1) is 0 Å². The van der Waals surface area contributed by atoms with E-state index >= 15 is 0 Å². The molecule has 1 aliphatic rings. The monoisotopic (exact) mass is 372 g/mol. The molecule has 0 radical (unpaired) electrons. The number of anilines is 2. The van der Waals surface area contributed by atoms with Crippen LogP contribution in [0, 0.1) is 34.6 Å². The first-order chi connectivity index (χ1) is 13.4. The first kappa shape index (κ1) is 18.1. The van der Waals surface area contributed by atoms with E-state index in [2.05, 4.69) is 99.3 Å². The highest BCUT2D eigenvalue weighted by Crippen LogP contribution is 2.37. The molecule has 0 aliphatic carbocycles. The number of fused-ring (bicyclic) bond motifs is 1. The summed E-state index contributed by atoms with van der Waals surface area (Å²) in [4.78, 5) is 4.80. The van der Waals surface area contributed by atoms with E-state index in [1.165, 1.54) is 33.4 Å². The van der Waals surface area contributed by atoms with Crippen LogP contribution in [0.2, 0.25) is 0 Å². The zero-order valence-electron chi connectivity index (χ0n) is 17.1. The van der Waals surface area contributed by atoms with Crippen LogP contribution in [0.5, 0.6) is 0 Å². The summed E-state index contributed by atoms with van der Waals surface area (Å²) in [5.41, 5.74) is 18.2. The number of hydrazine groups is 1. The summed E-state index contributed by atoms with van der Waals surface area (Å²) >= 11 is 0. The third-order valence-corrected chi connectivity index (χ3v) is 5.38. The molecule has 1 heterocycles. The van der Waals surface area contributed by atoms with Gasteiger partial charge in [0.15, 0.2) is 0 Å². The van der Waals surface area contributed by atoms with Gasteiger partial charge in [-0.3, -0.25) is 10.9 Å². The van der Waals surface area contributed by atoms with Crippen molar-refractivity contribution in [2.75, 3.05) is 10.7 Å². The van der Waals surface area contributed by atoms with Crippen molar-refractivity contribution in [1.82, 2.24) is 5.43 Å². The Labute approximate surface area is 168 Å². The molecule has 0 spiro atoms. The summed E-state index contributed by atoms with van der Waals surface area (Å²) in [6, 6.07) is 17.1. The van der Waals surface area contributed by atoms with Gasteiger partial charge in [-0.05, 0) is 97.8 Å². The molecule has 0 saturated heterocycles. The Bertz CT molecular complexity index is 1080. The second-order valence-electron chi connectivity index (χ2n) is 7.59. The van der Waals surface area contributed by atoms with E-state index in [1.54, 1.807) is 0 Å². The summed E-state index contributed by atoms with van der Waals surface area (Å²) in [6.07, 6.45) is 0. The minimum atomic E-state index is 0. The number of rotatable bonds is 2. The molecular formula is C24H28N4. The Kier molecular flexibility index (Phi) is 4.55. The lowest BCUT2D eigenvalue weighted by Gasteiger charge is -2.23. The molecular weight excluding hydrogens is 344 g/mol. The van der Waals surface area contributed by atoms with Gasteiger partial charge in [0.1, 0.15) is 0 Å². The van der Waals surface area contributed by atoms with Crippen LogP contribution in [0.1, 0.15) is 29.2 Å². The van der Waals surface area contributed by atoms with Crippen molar-refractivity contribution in [3.05, 3.63) is 76.3 Å². The molecule has 3 N–H and O–H groups in total. The Morgan fingerprint density at radius 1 is 0.750 bits per heavy atom. The van der Waals surface area contributed by atoms with Gasteiger partial charge in [0.05, 0.1) is 11.4 Å². The van der Waals surface area contributed by atoms with E-state index in [0.29, 0.717) is 5.96 Å². The maximum atomic E-state index is 4.80. The van der Waals surface area contributed by atoms with E-state index in [9.17, 15) is 0 Å². The first-order valence-corrected chi connectivity index (χ1v) is 9.58. The fraction of sp³-hybridized carbons (Fsp3) is 0.208. The third kappa shape index (κ3) is 3.33. The summed E-state index contributed by atoms with van der Waals surface area (Å²) in [5.74, 6) is 0.693. The van der Waals surface area contributed by atoms with Crippen LogP contribution in [-0.4, -0.2) is 5.96 Å². The van der Waals surface area contributed by atoms with Crippen LogP contribution in [0.3, 0.4) is 0 Å². The fourth-order valence-electron chi connectivity index (χ4n) is 3.72. The summed E-state index contributed by atoms with van der Waals surface area (Å²) in [7, 11) is 0. The van der Waals surface area contributed by atoms with Crippen molar-refractivity contribution in [2.24, 2.45) is 4.99 Å². The largest absolute Gasteiger partial charge is 0.325 e. The molecule has 144 valence electrons. The predicted molar refractivity (Wildman–Crippen MR) is 122 cm³/mol. The minimum Gasteiger partial charge on any atom is -0.325 e. The summed E-state index contributed by atoms with van der Waals surface area (Å²) in [5, 5.41) is 3.36. The number of aryl methyl sites for hydroxylation is 5. The molecule has 0 saturated carbocycles. The Balaban J connectivity index is 0.00000240. The number of nitrogens with one attached hydrogen (secondary N) is 3. The smallest absolute Gasteiger partial charge is 0.220 e. The lowest BCUT2D eigenvalue weighted by molar-refractivity contribution is 1.07. The molecule has 0 atom stereocenters. The van der Waals surface area contributed by atoms with Gasteiger partial charge >= 0.3 is 0 Å². The average molecular weight is 373 g/mol. The second kappa shape index (κ2) is 7.04. The molecule has 0 bridgehead atoms. The lowest BCUT2D eigenvalue weighted by atomic mass is 9.93. The highest BCUT2D eigenvalue weighted by atomic mass is 15.4. The summed E-state index contributed by atoms with van der Waals surface area (Å²) < 4.78 is 0. The predicted octanol–water partition coefficient (Wildman–Crippen LogP) is 6.17. The molecule has 0 fully saturated rings. The van der Waals surface area contributed by atoms with Gasteiger partial charge in [0, 0.05) is 7.11 Å². The number of aliphatic imine (C=N–C) groups is 1. The Hall–Kier alpha value is -3.27. The molecule has 1 aliphatic heterocycles. The molecule has 0 aromatic heterocycles. The van der Waals surface area contributed by atoms with Gasteiger partial charge in [-0.25, -0.2) is 4.99 Å². The van der Waals surface area contributed by atoms with E-state index < -0.39 is 0 Å². The molecule has 4 rings (SSSR count). The van der Waals surface area contributed by atoms with E-state index in [-0.39, 0.29) is 1.43 Å². The fourth-order valence-corrected chi connectivity index (χ4v) is 3.72. The standard InChI is InChI=1S/C24H26N4.H2/c1-14-9-10-20(12-17(14)4)25-24-26-23-18(5)11-19(13-21(23)27-28-24)22-15(2)7-6-8-16(22)3;/h6-13,27H,1-5H3,(H2,25,26,28);1H. The first-order valence-electron chi connectivity index (χ1n) is 9.58. The molecule has 0 amide bonds. The van der Waals surface area contributed by atoms with Crippen LogP contribution < -0.4 is 16.2 Å². The lowest BCUT2D eigenvalue weighted by Crippen LogP contribution is -2.37. The molecule has 0 unspecified atom stereocenters. The number of nitrogens with zero attached hydrogens (tertiary/aromatic N) is 1.